The maximum absolute atomic E-state index is 12.8. The Labute approximate surface area is 115 Å². The lowest BCUT2D eigenvalue weighted by atomic mass is 10.3. The van der Waals surface area contributed by atoms with E-state index in [0.29, 0.717) is 0 Å². The van der Waals surface area contributed by atoms with Gasteiger partial charge in [0.1, 0.15) is 0 Å². The van der Waals surface area contributed by atoms with Crippen molar-refractivity contribution in [2.75, 3.05) is 13.1 Å². The third-order valence-corrected chi connectivity index (χ3v) is 3.56. The van der Waals surface area contributed by atoms with E-state index in [-0.39, 0.29) is 22.3 Å². The van der Waals surface area contributed by atoms with Gasteiger partial charge in [-0.1, -0.05) is 17.7 Å². The summed E-state index contributed by atoms with van der Waals surface area (Å²) in [7, 11) is -4.00. The molecule has 0 bridgehead atoms. The fraction of sp³-hybridized carbons (Fsp3) is 0.333. The van der Waals surface area contributed by atoms with Crippen LogP contribution in [0.4, 0.5) is 8.78 Å². The maximum atomic E-state index is 12.8. The monoisotopic (exact) mass is 320 g/mol. The summed E-state index contributed by atoms with van der Waals surface area (Å²) in [5, 5.41) is 0.207. The van der Waals surface area contributed by atoms with E-state index in [0.717, 1.165) is 0 Å². The van der Waals surface area contributed by atoms with Crippen molar-refractivity contribution >= 4 is 34.0 Å². The zero-order valence-electron chi connectivity index (χ0n) is 9.07. The van der Waals surface area contributed by atoms with E-state index < -0.39 is 29.0 Å². The minimum absolute atomic E-state index is 0. The number of alkyl halides is 2. The number of nitrogens with one attached hydrogen (secondary N) is 1. The van der Waals surface area contributed by atoms with Crippen molar-refractivity contribution in [3.8, 4) is 0 Å². The Hall–Kier alpha value is -0.470. The van der Waals surface area contributed by atoms with Gasteiger partial charge in [-0.2, -0.15) is 0 Å². The largest absolute Gasteiger partial charge is 0.325 e. The predicted octanol–water partition coefficient (Wildman–Crippen LogP) is 1.63. The predicted molar refractivity (Wildman–Crippen MR) is 67.9 cm³/mol. The molecule has 0 atom stereocenters. The summed E-state index contributed by atoms with van der Waals surface area (Å²) in [4.78, 5) is -0.169. The van der Waals surface area contributed by atoms with Crippen molar-refractivity contribution in [1.29, 1.82) is 0 Å². The van der Waals surface area contributed by atoms with Crippen LogP contribution in [0.3, 0.4) is 0 Å². The fourth-order valence-electron chi connectivity index (χ4n) is 0.990. The van der Waals surface area contributed by atoms with Crippen LogP contribution in [0, 0.1) is 0 Å². The summed E-state index contributed by atoms with van der Waals surface area (Å²) in [5.41, 5.74) is 4.79. The molecule has 4 nitrogen and oxygen atoms in total. The van der Waals surface area contributed by atoms with Gasteiger partial charge in [0.15, 0.2) is 0 Å². The second-order valence-corrected chi connectivity index (χ2v) is 5.55. The van der Waals surface area contributed by atoms with Crippen LogP contribution < -0.4 is 10.5 Å². The minimum atomic E-state index is -4.00. The topological polar surface area (TPSA) is 72.2 Å². The first kappa shape index (κ1) is 17.5. The van der Waals surface area contributed by atoms with Crippen LogP contribution in [0.5, 0.6) is 0 Å². The highest BCUT2D eigenvalue weighted by molar-refractivity contribution is 7.89. The molecule has 0 aliphatic heterocycles. The van der Waals surface area contributed by atoms with Gasteiger partial charge in [0.25, 0.3) is 5.92 Å². The number of nitrogens with two attached hydrogens (primary N) is 1. The Morgan fingerprint density at radius 1 is 1.39 bits per heavy atom. The van der Waals surface area contributed by atoms with Crippen LogP contribution >= 0.6 is 24.0 Å². The molecule has 3 N–H and O–H groups in total. The molecule has 0 radical (unpaired) electrons. The molecule has 0 heterocycles. The van der Waals surface area contributed by atoms with E-state index in [2.05, 4.69) is 0 Å². The first-order chi connectivity index (χ1) is 7.77. The van der Waals surface area contributed by atoms with E-state index in [9.17, 15) is 17.2 Å². The molecule has 1 aromatic rings. The second kappa shape index (κ2) is 6.63. The SMILES string of the molecule is Cl.NCC(F)(F)CNS(=O)(=O)c1cccc(Cl)c1. The molecule has 1 aromatic carbocycles. The van der Waals surface area contributed by atoms with Crippen molar-refractivity contribution in [2.24, 2.45) is 5.73 Å². The lowest BCUT2D eigenvalue weighted by molar-refractivity contribution is 0.0170. The maximum Gasteiger partial charge on any atom is 0.273 e. The third-order valence-electron chi connectivity index (χ3n) is 1.93. The fourth-order valence-corrected chi connectivity index (χ4v) is 2.35. The number of hydrogen-bond donors (Lipinski definition) is 2. The smallest absolute Gasteiger partial charge is 0.273 e. The Bertz CT molecular complexity index is 497. The average Bonchev–Trinajstić information content (AvgIpc) is 2.27. The summed E-state index contributed by atoms with van der Waals surface area (Å²) in [5.74, 6) is -3.27. The molecular formula is C9H12Cl2F2N2O2S. The highest BCUT2D eigenvalue weighted by Gasteiger charge is 2.29. The Balaban J connectivity index is 0.00000289. The van der Waals surface area contributed by atoms with Crippen molar-refractivity contribution in [3.05, 3.63) is 29.3 Å². The molecular weight excluding hydrogens is 309 g/mol. The summed E-state index contributed by atoms with van der Waals surface area (Å²) in [6.45, 7) is -1.97. The molecule has 0 amide bonds. The molecule has 0 saturated heterocycles. The average molecular weight is 321 g/mol. The Morgan fingerprint density at radius 2 is 2.00 bits per heavy atom. The van der Waals surface area contributed by atoms with Crippen molar-refractivity contribution in [3.63, 3.8) is 0 Å². The van der Waals surface area contributed by atoms with Gasteiger partial charge in [0.2, 0.25) is 10.0 Å². The molecule has 104 valence electrons. The lowest BCUT2D eigenvalue weighted by Crippen LogP contribution is -2.41. The van der Waals surface area contributed by atoms with Gasteiger partial charge in [-0.25, -0.2) is 21.9 Å². The molecule has 0 aromatic heterocycles. The van der Waals surface area contributed by atoms with Crippen LogP contribution in [-0.4, -0.2) is 27.4 Å². The summed E-state index contributed by atoms with van der Waals surface area (Å²) in [6.07, 6.45) is 0. The summed E-state index contributed by atoms with van der Waals surface area (Å²) in [6, 6.07) is 5.33. The number of benzene rings is 1. The Morgan fingerprint density at radius 3 is 2.50 bits per heavy atom. The van der Waals surface area contributed by atoms with Crippen molar-refractivity contribution in [2.45, 2.75) is 10.8 Å². The number of rotatable bonds is 5. The van der Waals surface area contributed by atoms with E-state index in [1.54, 1.807) is 4.72 Å². The van der Waals surface area contributed by atoms with Gasteiger partial charge < -0.3 is 5.73 Å². The van der Waals surface area contributed by atoms with E-state index >= 15 is 0 Å². The van der Waals surface area contributed by atoms with Crippen LogP contribution in [0.25, 0.3) is 0 Å². The van der Waals surface area contributed by atoms with Crippen molar-refractivity contribution in [1.82, 2.24) is 4.72 Å². The third kappa shape index (κ3) is 5.03. The minimum Gasteiger partial charge on any atom is -0.325 e. The van der Waals surface area contributed by atoms with E-state index in [4.69, 9.17) is 17.3 Å². The normalized spacial score (nSPS) is 12.0. The van der Waals surface area contributed by atoms with Gasteiger partial charge in [0.05, 0.1) is 18.0 Å². The number of sulfonamides is 1. The van der Waals surface area contributed by atoms with Gasteiger partial charge in [-0.05, 0) is 18.2 Å². The molecule has 18 heavy (non-hydrogen) atoms. The number of halogens is 4. The van der Waals surface area contributed by atoms with E-state index in [1.165, 1.54) is 24.3 Å². The van der Waals surface area contributed by atoms with Crippen LogP contribution in [0.1, 0.15) is 0 Å². The zero-order chi connectivity index (χ0) is 13.1. The first-order valence-corrected chi connectivity index (χ1v) is 6.46. The quantitative estimate of drug-likeness (QED) is 0.866. The molecule has 0 unspecified atom stereocenters. The lowest BCUT2D eigenvalue weighted by Gasteiger charge is -2.14. The van der Waals surface area contributed by atoms with E-state index in [1.807, 2.05) is 0 Å². The summed E-state index contributed by atoms with van der Waals surface area (Å²) >= 11 is 5.61. The molecule has 1 rings (SSSR count). The highest BCUT2D eigenvalue weighted by Crippen LogP contribution is 2.16. The number of hydrogen-bond acceptors (Lipinski definition) is 3. The standard InChI is InChI=1S/C9H11ClF2N2O2S.ClH/c10-7-2-1-3-8(4-7)17(15,16)14-6-9(11,12)5-13;/h1-4,14H,5-6,13H2;1H. The molecule has 0 aliphatic rings. The van der Waals surface area contributed by atoms with Crippen LogP contribution in [-0.2, 0) is 10.0 Å². The first-order valence-electron chi connectivity index (χ1n) is 4.60. The summed E-state index contributed by atoms with van der Waals surface area (Å²) < 4.78 is 50.6. The van der Waals surface area contributed by atoms with Crippen LogP contribution in [0.2, 0.25) is 5.02 Å². The van der Waals surface area contributed by atoms with Gasteiger partial charge in [-0.15, -0.1) is 12.4 Å². The molecule has 9 heteroatoms. The highest BCUT2D eigenvalue weighted by atomic mass is 35.5. The molecule has 0 saturated carbocycles. The van der Waals surface area contributed by atoms with Gasteiger partial charge in [-0.3, -0.25) is 0 Å². The van der Waals surface area contributed by atoms with Gasteiger partial charge >= 0.3 is 0 Å². The molecule has 0 fully saturated rings. The second-order valence-electron chi connectivity index (χ2n) is 3.34. The molecule has 0 spiro atoms. The van der Waals surface area contributed by atoms with Crippen LogP contribution in [0.15, 0.2) is 29.2 Å². The Kier molecular flexibility index (Phi) is 6.45. The van der Waals surface area contributed by atoms with Crippen molar-refractivity contribution < 1.29 is 17.2 Å². The zero-order valence-corrected chi connectivity index (χ0v) is 11.5. The molecule has 0 aliphatic carbocycles. The van der Waals surface area contributed by atoms with Gasteiger partial charge in [0, 0.05) is 5.02 Å².